The molecule has 0 radical (unpaired) electrons. The molecule has 3 aromatic heterocycles. The summed E-state index contributed by atoms with van der Waals surface area (Å²) in [5.74, 6) is 0. The van der Waals surface area contributed by atoms with E-state index in [4.69, 9.17) is 0 Å². The largest absolute Gasteiger partial charge is 0.344 e. The predicted molar refractivity (Wildman–Crippen MR) is 107 cm³/mol. The SMILES string of the molecule is Cn1c2cc(-c3cccs3)ccc2c2ccc(-c3cccs3)cc21. The van der Waals surface area contributed by atoms with Crippen LogP contribution in [0, 0.1) is 0 Å². The van der Waals surface area contributed by atoms with Crippen LogP contribution in [0.1, 0.15) is 0 Å². The molecular weight excluding hydrogens is 330 g/mol. The van der Waals surface area contributed by atoms with Crippen molar-refractivity contribution in [3.05, 3.63) is 71.4 Å². The van der Waals surface area contributed by atoms with Crippen molar-refractivity contribution in [1.82, 2.24) is 4.57 Å². The normalized spacial score (nSPS) is 11.5. The molecule has 5 rings (SSSR count). The van der Waals surface area contributed by atoms with Crippen molar-refractivity contribution >= 4 is 44.5 Å². The highest BCUT2D eigenvalue weighted by atomic mass is 32.1. The molecule has 3 heterocycles. The summed E-state index contributed by atoms with van der Waals surface area (Å²) in [6.07, 6.45) is 0. The van der Waals surface area contributed by atoms with Crippen LogP contribution in [0.3, 0.4) is 0 Å². The minimum Gasteiger partial charge on any atom is -0.344 e. The van der Waals surface area contributed by atoms with Gasteiger partial charge in [-0.05, 0) is 46.2 Å². The lowest BCUT2D eigenvalue weighted by molar-refractivity contribution is 1.01. The third kappa shape index (κ3) is 2.05. The van der Waals surface area contributed by atoms with Gasteiger partial charge in [0.05, 0.1) is 0 Å². The monoisotopic (exact) mass is 345 g/mol. The second-order valence-electron chi connectivity index (χ2n) is 5.98. The molecule has 0 saturated carbocycles. The molecule has 0 bridgehead atoms. The number of hydrogen-bond acceptors (Lipinski definition) is 2. The maximum absolute atomic E-state index is 2.32. The molecule has 1 nitrogen and oxygen atoms in total. The third-order valence-corrected chi connectivity index (χ3v) is 6.46. The first kappa shape index (κ1) is 14.0. The molecule has 0 aliphatic rings. The van der Waals surface area contributed by atoms with Gasteiger partial charge in [0, 0.05) is 38.6 Å². The van der Waals surface area contributed by atoms with Crippen LogP contribution in [0.25, 0.3) is 42.7 Å². The first-order valence-electron chi connectivity index (χ1n) is 7.91. The lowest BCUT2D eigenvalue weighted by Gasteiger charge is -2.02. The zero-order valence-corrected chi connectivity index (χ0v) is 14.8. The van der Waals surface area contributed by atoms with E-state index in [0.29, 0.717) is 0 Å². The molecular formula is C21H15NS2. The summed E-state index contributed by atoms with van der Waals surface area (Å²) >= 11 is 3.58. The smallest absolute Gasteiger partial charge is 0.0495 e. The molecule has 0 amide bonds. The van der Waals surface area contributed by atoms with Gasteiger partial charge in [-0.15, -0.1) is 22.7 Å². The Morgan fingerprint density at radius 2 is 1.17 bits per heavy atom. The van der Waals surface area contributed by atoms with Gasteiger partial charge in [0.15, 0.2) is 0 Å². The van der Waals surface area contributed by atoms with E-state index in [1.54, 1.807) is 22.7 Å². The van der Waals surface area contributed by atoms with E-state index < -0.39 is 0 Å². The Labute approximate surface area is 148 Å². The van der Waals surface area contributed by atoms with Crippen molar-refractivity contribution in [1.29, 1.82) is 0 Å². The van der Waals surface area contributed by atoms with Crippen molar-refractivity contribution in [2.24, 2.45) is 7.05 Å². The molecule has 0 saturated heterocycles. The summed E-state index contributed by atoms with van der Waals surface area (Å²) in [6, 6.07) is 22.2. The van der Waals surface area contributed by atoms with Gasteiger partial charge in [-0.25, -0.2) is 0 Å². The summed E-state index contributed by atoms with van der Waals surface area (Å²) < 4.78 is 2.32. The Kier molecular flexibility index (Phi) is 3.12. The summed E-state index contributed by atoms with van der Waals surface area (Å²) in [5.41, 5.74) is 5.17. The topological polar surface area (TPSA) is 4.93 Å². The molecule has 0 aliphatic heterocycles. The lowest BCUT2D eigenvalue weighted by Crippen LogP contribution is -1.87. The van der Waals surface area contributed by atoms with E-state index in [1.807, 2.05) is 0 Å². The van der Waals surface area contributed by atoms with E-state index in [9.17, 15) is 0 Å². The Balaban J connectivity index is 1.77. The fourth-order valence-corrected chi connectivity index (χ4v) is 4.84. The number of thiophene rings is 2. The quantitative estimate of drug-likeness (QED) is 0.332. The highest BCUT2D eigenvalue weighted by Gasteiger charge is 2.11. The highest BCUT2D eigenvalue weighted by Crippen LogP contribution is 2.35. The van der Waals surface area contributed by atoms with E-state index in [-0.39, 0.29) is 0 Å². The second-order valence-corrected chi connectivity index (χ2v) is 7.87. The third-order valence-electron chi connectivity index (χ3n) is 4.62. The standard InChI is InChI=1S/C21H15NS2/c1-22-18-12-14(20-4-2-10-23-20)6-8-16(18)17-9-7-15(13-19(17)22)21-5-3-11-24-21/h2-13H,1H3. The second kappa shape index (κ2) is 5.33. The van der Waals surface area contributed by atoms with Crippen LogP contribution in [0.2, 0.25) is 0 Å². The van der Waals surface area contributed by atoms with Gasteiger partial charge >= 0.3 is 0 Å². The van der Waals surface area contributed by atoms with E-state index in [0.717, 1.165) is 0 Å². The summed E-state index contributed by atoms with van der Waals surface area (Å²) in [4.78, 5) is 2.64. The van der Waals surface area contributed by atoms with Crippen LogP contribution < -0.4 is 0 Å². The van der Waals surface area contributed by atoms with Gasteiger partial charge in [-0.2, -0.15) is 0 Å². The summed E-state index contributed by atoms with van der Waals surface area (Å²) in [5, 5.41) is 6.92. The number of rotatable bonds is 2. The number of fused-ring (bicyclic) bond motifs is 3. The molecule has 0 fully saturated rings. The van der Waals surface area contributed by atoms with E-state index in [2.05, 4.69) is 83.0 Å². The Morgan fingerprint density at radius 1 is 0.667 bits per heavy atom. The molecule has 24 heavy (non-hydrogen) atoms. The first-order valence-corrected chi connectivity index (χ1v) is 9.67. The molecule has 0 atom stereocenters. The molecule has 0 N–H and O–H groups in total. The predicted octanol–water partition coefficient (Wildman–Crippen LogP) is 6.79. The van der Waals surface area contributed by atoms with Crippen LogP contribution in [-0.4, -0.2) is 4.57 Å². The van der Waals surface area contributed by atoms with Crippen molar-refractivity contribution in [3.63, 3.8) is 0 Å². The van der Waals surface area contributed by atoms with Crippen LogP contribution >= 0.6 is 22.7 Å². The van der Waals surface area contributed by atoms with Crippen LogP contribution in [0.15, 0.2) is 71.4 Å². The van der Waals surface area contributed by atoms with Crippen molar-refractivity contribution in [2.75, 3.05) is 0 Å². The first-order chi connectivity index (χ1) is 11.8. The summed E-state index contributed by atoms with van der Waals surface area (Å²) in [7, 11) is 2.17. The minimum absolute atomic E-state index is 1.29. The Morgan fingerprint density at radius 3 is 1.58 bits per heavy atom. The molecule has 0 aliphatic carbocycles. The average molecular weight is 345 g/mol. The fourth-order valence-electron chi connectivity index (χ4n) is 3.40. The van der Waals surface area contributed by atoms with Gasteiger partial charge in [0.1, 0.15) is 0 Å². The minimum atomic E-state index is 1.29. The highest BCUT2D eigenvalue weighted by molar-refractivity contribution is 7.13. The Bertz CT molecular complexity index is 1050. The number of aryl methyl sites for hydroxylation is 1. The number of hydrogen-bond donors (Lipinski definition) is 0. The zero-order chi connectivity index (χ0) is 16.1. The van der Waals surface area contributed by atoms with Gasteiger partial charge in [-0.3, -0.25) is 0 Å². The molecule has 116 valence electrons. The zero-order valence-electron chi connectivity index (χ0n) is 13.2. The van der Waals surface area contributed by atoms with Crippen molar-refractivity contribution < 1.29 is 0 Å². The molecule has 2 aromatic carbocycles. The van der Waals surface area contributed by atoms with Gasteiger partial charge < -0.3 is 4.57 Å². The van der Waals surface area contributed by atoms with Gasteiger partial charge in [-0.1, -0.05) is 36.4 Å². The molecule has 3 heteroatoms. The van der Waals surface area contributed by atoms with Gasteiger partial charge in [0.2, 0.25) is 0 Å². The maximum Gasteiger partial charge on any atom is 0.0495 e. The number of nitrogens with zero attached hydrogens (tertiary/aromatic N) is 1. The summed E-state index contributed by atoms with van der Waals surface area (Å²) in [6.45, 7) is 0. The van der Waals surface area contributed by atoms with E-state index >= 15 is 0 Å². The van der Waals surface area contributed by atoms with E-state index in [1.165, 1.54) is 42.7 Å². The number of aromatic nitrogens is 1. The lowest BCUT2D eigenvalue weighted by atomic mass is 10.1. The van der Waals surface area contributed by atoms with Crippen molar-refractivity contribution in [3.8, 4) is 20.9 Å². The van der Waals surface area contributed by atoms with Crippen LogP contribution in [0.5, 0.6) is 0 Å². The van der Waals surface area contributed by atoms with Crippen LogP contribution in [0.4, 0.5) is 0 Å². The Hall–Kier alpha value is -2.36. The molecule has 0 spiro atoms. The molecule has 0 unspecified atom stereocenters. The maximum atomic E-state index is 2.32. The van der Waals surface area contributed by atoms with Gasteiger partial charge in [0.25, 0.3) is 0 Å². The van der Waals surface area contributed by atoms with Crippen molar-refractivity contribution in [2.45, 2.75) is 0 Å². The van der Waals surface area contributed by atoms with Crippen LogP contribution in [-0.2, 0) is 7.05 Å². The fraction of sp³-hybridized carbons (Fsp3) is 0.0476. The average Bonchev–Trinajstić information content (AvgIpc) is 3.36. The molecule has 5 aromatic rings. The number of benzene rings is 2.